The first kappa shape index (κ1) is 14.9. The number of aryl methyl sites for hydroxylation is 1. The third-order valence-electron chi connectivity index (χ3n) is 3.32. The van der Waals surface area contributed by atoms with Crippen LogP contribution in [0.2, 0.25) is 0 Å². The van der Waals surface area contributed by atoms with E-state index in [-0.39, 0.29) is 5.91 Å². The average Bonchev–Trinajstić information content (AvgIpc) is 2.80. The van der Waals surface area contributed by atoms with E-state index in [4.69, 9.17) is 11.6 Å². The molecule has 2 aromatic rings. The molecule has 2 rings (SSSR count). The number of unbranched alkanes of at least 4 members (excludes halogenated alkanes) is 3. The number of rotatable bonds is 7. The van der Waals surface area contributed by atoms with Gasteiger partial charge in [0.2, 0.25) is 0 Å². The molecule has 4 nitrogen and oxygen atoms in total. The molecule has 0 saturated heterocycles. The number of alkyl halides is 1. The number of para-hydroxylation sites is 1. The van der Waals surface area contributed by atoms with E-state index < -0.39 is 0 Å². The summed E-state index contributed by atoms with van der Waals surface area (Å²) < 4.78 is 1.74. The molecule has 0 unspecified atom stereocenters. The normalized spacial score (nSPS) is 10.9. The van der Waals surface area contributed by atoms with Gasteiger partial charge in [-0.1, -0.05) is 31.0 Å². The van der Waals surface area contributed by atoms with E-state index in [2.05, 4.69) is 10.4 Å². The Hall–Kier alpha value is -1.55. The van der Waals surface area contributed by atoms with E-state index in [0.29, 0.717) is 18.1 Å². The predicted molar refractivity (Wildman–Crippen MR) is 82.2 cm³/mol. The van der Waals surface area contributed by atoms with Crippen molar-refractivity contribution in [2.75, 3.05) is 12.4 Å². The number of benzene rings is 1. The number of carbonyl (C=O) groups is 1. The second-order valence-corrected chi connectivity index (χ2v) is 5.23. The molecule has 0 atom stereocenters. The third kappa shape index (κ3) is 3.51. The van der Waals surface area contributed by atoms with Gasteiger partial charge in [-0.3, -0.25) is 9.48 Å². The molecule has 1 heterocycles. The molecule has 0 saturated carbocycles. The summed E-state index contributed by atoms with van der Waals surface area (Å²) in [6.45, 7) is 0.687. The van der Waals surface area contributed by atoms with Crippen LogP contribution in [0, 0.1) is 0 Å². The summed E-state index contributed by atoms with van der Waals surface area (Å²) in [5.41, 5.74) is 1.48. The molecule has 1 aromatic carbocycles. The van der Waals surface area contributed by atoms with Crippen LogP contribution in [0.1, 0.15) is 36.2 Å². The summed E-state index contributed by atoms with van der Waals surface area (Å²) in [5, 5.41) is 8.14. The fourth-order valence-corrected chi connectivity index (χ4v) is 2.43. The Bertz CT molecular complexity index is 580. The summed E-state index contributed by atoms with van der Waals surface area (Å²) in [6, 6.07) is 7.76. The van der Waals surface area contributed by atoms with Crippen LogP contribution in [-0.4, -0.2) is 28.1 Å². The van der Waals surface area contributed by atoms with Gasteiger partial charge in [0, 0.05) is 24.9 Å². The van der Waals surface area contributed by atoms with Gasteiger partial charge >= 0.3 is 0 Å². The maximum atomic E-state index is 12.2. The van der Waals surface area contributed by atoms with Crippen molar-refractivity contribution in [2.24, 2.45) is 7.05 Å². The Labute approximate surface area is 124 Å². The molecule has 108 valence electrons. The molecule has 1 N–H and O–H groups in total. The zero-order valence-electron chi connectivity index (χ0n) is 11.7. The van der Waals surface area contributed by atoms with E-state index in [1.807, 2.05) is 31.3 Å². The quantitative estimate of drug-likeness (QED) is 0.630. The fourth-order valence-electron chi connectivity index (χ4n) is 2.24. The highest BCUT2D eigenvalue weighted by atomic mass is 35.5. The molecule has 20 heavy (non-hydrogen) atoms. The lowest BCUT2D eigenvalue weighted by molar-refractivity contribution is 0.0949. The molecule has 0 spiro atoms. The smallest absolute Gasteiger partial charge is 0.272 e. The van der Waals surface area contributed by atoms with Crippen LogP contribution >= 0.6 is 11.6 Å². The first-order chi connectivity index (χ1) is 9.74. The van der Waals surface area contributed by atoms with Crippen LogP contribution < -0.4 is 5.32 Å². The largest absolute Gasteiger partial charge is 0.351 e. The van der Waals surface area contributed by atoms with Gasteiger partial charge in [0.1, 0.15) is 0 Å². The highest BCUT2D eigenvalue weighted by Gasteiger charge is 2.14. The van der Waals surface area contributed by atoms with Crippen molar-refractivity contribution in [3.63, 3.8) is 0 Å². The van der Waals surface area contributed by atoms with Gasteiger partial charge in [-0.25, -0.2) is 0 Å². The number of halogens is 1. The van der Waals surface area contributed by atoms with Crippen molar-refractivity contribution in [2.45, 2.75) is 25.7 Å². The first-order valence-corrected chi connectivity index (χ1v) is 7.53. The highest BCUT2D eigenvalue weighted by molar-refractivity contribution is 6.17. The summed E-state index contributed by atoms with van der Waals surface area (Å²) in [5.74, 6) is 0.617. The average molecular weight is 294 g/mol. The zero-order chi connectivity index (χ0) is 14.4. The lowest BCUT2D eigenvalue weighted by Crippen LogP contribution is -2.25. The second kappa shape index (κ2) is 7.29. The van der Waals surface area contributed by atoms with Crippen molar-refractivity contribution >= 4 is 28.4 Å². The van der Waals surface area contributed by atoms with E-state index in [1.165, 1.54) is 0 Å². The molecule has 0 aliphatic rings. The Kier molecular flexibility index (Phi) is 5.41. The maximum absolute atomic E-state index is 12.2. The van der Waals surface area contributed by atoms with Crippen molar-refractivity contribution in [1.82, 2.24) is 15.1 Å². The summed E-state index contributed by atoms with van der Waals surface area (Å²) in [6.07, 6.45) is 4.23. The SMILES string of the molecule is Cn1nc(C(=O)NCCCCCCCl)c2ccccc21. The van der Waals surface area contributed by atoms with Crippen molar-refractivity contribution in [3.8, 4) is 0 Å². The predicted octanol–water partition coefficient (Wildman–Crippen LogP) is 3.10. The summed E-state index contributed by atoms with van der Waals surface area (Å²) in [4.78, 5) is 12.2. The molecule has 0 radical (unpaired) electrons. The van der Waals surface area contributed by atoms with Crippen LogP contribution in [0.3, 0.4) is 0 Å². The molecule has 1 aromatic heterocycles. The number of carbonyl (C=O) groups excluding carboxylic acids is 1. The van der Waals surface area contributed by atoms with Gasteiger partial charge in [0.05, 0.1) is 5.52 Å². The van der Waals surface area contributed by atoms with Crippen LogP contribution in [-0.2, 0) is 7.05 Å². The number of hydrogen-bond acceptors (Lipinski definition) is 2. The Morgan fingerprint density at radius 1 is 1.25 bits per heavy atom. The van der Waals surface area contributed by atoms with Gasteiger partial charge in [-0.15, -0.1) is 11.6 Å². The molecule has 0 aliphatic carbocycles. The molecule has 5 heteroatoms. The van der Waals surface area contributed by atoms with E-state index >= 15 is 0 Å². The van der Waals surface area contributed by atoms with Crippen molar-refractivity contribution in [1.29, 1.82) is 0 Å². The third-order valence-corrected chi connectivity index (χ3v) is 3.59. The number of amides is 1. The Balaban J connectivity index is 1.91. The van der Waals surface area contributed by atoms with Gasteiger partial charge in [-0.2, -0.15) is 5.10 Å². The lowest BCUT2D eigenvalue weighted by Gasteiger charge is -2.03. The number of aromatic nitrogens is 2. The van der Waals surface area contributed by atoms with E-state index in [1.54, 1.807) is 4.68 Å². The number of fused-ring (bicyclic) bond motifs is 1. The minimum absolute atomic E-state index is 0.0980. The molecule has 0 aliphatic heterocycles. The summed E-state index contributed by atoms with van der Waals surface area (Å²) in [7, 11) is 1.85. The molecular weight excluding hydrogens is 274 g/mol. The van der Waals surface area contributed by atoms with Gasteiger partial charge in [-0.05, 0) is 18.9 Å². The maximum Gasteiger partial charge on any atom is 0.272 e. The minimum atomic E-state index is -0.0980. The number of nitrogens with one attached hydrogen (secondary N) is 1. The highest BCUT2D eigenvalue weighted by Crippen LogP contribution is 2.17. The fraction of sp³-hybridized carbons (Fsp3) is 0.467. The topological polar surface area (TPSA) is 46.9 Å². The van der Waals surface area contributed by atoms with E-state index in [0.717, 1.165) is 36.6 Å². The Morgan fingerprint density at radius 2 is 2.00 bits per heavy atom. The van der Waals surface area contributed by atoms with Crippen molar-refractivity contribution < 1.29 is 4.79 Å². The van der Waals surface area contributed by atoms with Crippen LogP contribution in [0.15, 0.2) is 24.3 Å². The monoisotopic (exact) mass is 293 g/mol. The van der Waals surface area contributed by atoms with Gasteiger partial charge in [0.25, 0.3) is 5.91 Å². The zero-order valence-corrected chi connectivity index (χ0v) is 12.5. The lowest BCUT2D eigenvalue weighted by atomic mass is 10.2. The number of nitrogens with zero attached hydrogens (tertiary/aromatic N) is 2. The van der Waals surface area contributed by atoms with Crippen LogP contribution in [0.25, 0.3) is 10.9 Å². The standard InChI is InChI=1S/C15H20ClN3O/c1-19-13-9-5-4-8-12(13)14(18-19)15(20)17-11-7-3-2-6-10-16/h4-5,8-9H,2-3,6-7,10-11H2,1H3,(H,17,20). The van der Waals surface area contributed by atoms with Gasteiger partial charge < -0.3 is 5.32 Å². The summed E-state index contributed by atoms with van der Waals surface area (Å²) >= 11 is 5.62. The molecule has 0 bridgehead atoms. The van der Waals surface area contributed by atoms with Crippen LogP contribution in [0.5, 0.6) is 0 Å². The second-order valence-electron chi connectivity index (χ2n) is 4.85. The Morgan fingerprint density at radius 3 is 2.80 bits per heavy atom. The van der Waals surface area contributed by atoms with Crippen molar-refractivity contribution in [3.05, 3.63) is 30.0 Å². The van der Waals surface area contributed by atoms with Gasteiger partial charge in [0.15, 0.2) is 5.69 Å². The van der Waals surface area contributed by atoms with Crippen LogP contribution in [0.4, 0.5) is 0 Å². The molecular formula is C15H20ClN3O. The minimum Gasteiger partial charge on any atom is -0.351 e. The first-order valence-electron chi connectivity index (χ1n) is 7.00. The molecule has 0 fully saturated rings. The molecule has 1 amide bonds. The number of hydrogen-bond donors (Lipinski definition) is 1. The van der Waals surface area contributed by atoms with E-state index in [9.17, 15) is 4.79 Å².